The van der Waals surface area contributed by atoms with Crippen LogP contribution in [0.3, 0.4) is 0 Å². The lowest BCUT2D eigenvalue weighted by Gasteiger charge is -2.39. The zero-order valence-electron chi connectivity index (χ0n) is 17.9. The highest BCUT2D eigenvalue weighted by molar-refractivity contribution is 5.88. The van der Waals surface area contributed by atoms with Gasteiger partial charge in [0.25, 0.3) is 0 Å². The third-order valence-corrected chi connectivity index (χ3v) is 6.71. The van der Waals surface area contributed by atoms with Gasteiger partial charge in [-0.25, -0.2) is 4.98 Å². The van der Waals surface area contributed by atoms with Crippen LogP contribution in [0.5, 0.6) is 11.6 Å². The van der Waals surface area contributed by atoms with E-state index in [2.05, 4.69) is 28.1 Å². The number of piperidine rings is 1. The first-order chi connectivity index (χ1) is 15.2. The van der Waals surface area contributed by atoms with E-state index in [1.165, 1.54) is 10.8 Å². The number of hydrogen-bond acceptors (Lipinski definition) is 4. The summed E-state index contributed by atoms with van der Waals surface area (Å²) in [7, 11) is 1.70. The summed E-state index contributed by atoms with van der Waals surface area (Å²) in [6.45, 7) is 0. The van der Waals surface area contributed by atoms with Gasteiger partial charge >= 0.3 is 0 Å². The van der Waals surface area contributed by atoms with Crippen molar-refractivity contribution in [3.8, 4) is 11.6 Å². The van der Waals surface area contributed by atoms with Gasteiger partial charge in [0.15, 0.2) is 0 Å². The number of fused-ring (bicyclic) bond motifs is 3. The van der Waals surface area contributed by atoms with Crippen LogP contribution in [0.1, 0.15) is 37.7 Å². The standard InChI is InChI=1S/C26H28N2O3/c1-30-24-13-9-18-6-2-3-7-22(18)23(24)12-14-26(29)28-19-10-11-20(28)17-21(16-19)31-25-8-4-5-15-27-25/h2-9,13,15,19-21H,10-12,14,16-17H2,1H3. The quantitative estimate of drug-likeness (QED) is 0.580. The molecule has 1 aromatic heterocycles. The number of aryl methyl sites for hydroxylation is 1. The van der Waals surface area contributed by atoms with Crippen molar-refractivity contribution < 1.29 is 14.3 Å². The second-order valence-corrected chi connectivity index (χ2v) is 8.53. The Kier molecular flexibility index (Phi) is 5.49. The maximum Gasteiger partial charge on any atom is 0.223 e. The van der Waals surface area contributed by atoms with Crippen molar-refractivity contribution in [2.45, 2.75) is 56.7 Å². The topological polar surface area (TPSA) is 51.7 Å². The van der Waals surface area contributed by atoms with Crippen LogP contribution in [0.4, 0.5) is 0 Å². The highest BCUT2D eigenvalue weighted by atomic mass is 16.5. The Morgan fingerprint density at radius 2 is 1.81 bits per heavy atom. The van der Waals surface area contributed by atoms with Gasteiger partial charge in [0.2, 0.25) is 11.8 Å². The number of methoxy groups -OCH3 is 1. The van der Waals surface area contributed by atoms with Gasteiger partial charge in [0.05, 0.1) is 7.11 Å². The molecule has 0 N–H and O–H groups in total. The molecule has 2 aromatic carbocycles. The van der Waals surface area contributed by atoms with Crippen LogP contribution in [-0.2, 0) is 11.2 Å². The zero-order valence-corrected chi connectivity index (χ0v) is 17.9. The highest BCUT2D eigenvalue weighted by Crippen LogP contribution is 2.38. The Morgan fingerprint density at radius 1 is 1.03 bits per heavy atom. The maximum absolute atomic E-state index is 13.3. The Morgan fingerprint density at radius 3 is 2.55 bits per heavy atom. The molecule has 5 nitrogen and oxygen atoms in total. The smallest absolute Gasteiger partial charge is 0.223 e. The molecule has 2 aliphatic rings. The van der Waals surface area contributed by atoms with Crippen molar-refractivity contribution in [1.29, 1.82) is 0 Å². The van der Waals surface area contributed by atoms with Gasteiger partial charge in [-0.05, 0) is 42.2 Å². The number of nitrogens with zero attached hydrogens (tertiary/aromatic N) is 2. The van der Waals surface area contributed by atoms with Crippen molar-refractivity contribution in [1.82, 2.24) is 9.88 Å². The molecule has 31 heavy (non-hydrogen) atoms. The highest BCUT2D eigenvalue weighted by Gasteiger charge is 2.43. The SMILES string of the molecule is COc1ccc2ccccc2c1CCC(=O)N1C2CCC1CC(Oc1ccccn1)C2. The van der Waals surface area contributed by atoms with E-state index in [1.807, 2.05) is 36.4 Å². The summed E-state index contributed by atoms with van der Waals surface area (Å²) in [4.78, 5) is 19.7. The van der Waals surface area contributed by atoms with Gasteiger partial charge < -0.3 is 14.4 Å². The fourth-order valence-corrected chi connectivity index (χ4v) is 5.34. The average molecular weight is 417 g/mol. The van der Waals surface area contributed by atoms with Gasteiger partial charge in [-0.15, -0.1) is 0 Å². The molecule has 2 bridgehead atoms. The van der Waals surface area contributed by atoms with E-state index in [-0.39, 0.29) is 24.1 Å². The van der Waals surface area contributed by atoms with Crippen molar-refractivity contribution in [2.75, 3.05) is 7.11 Å². The Labute approximate surface area is 183 Å². The first-order valence-electron chi connectivity index (χ1n) is 11.2. The lowest BCUT2D eigenvalue weighted by atomic mass is 9.97. The molecular weight excluding hydrogens is 388 g/mol. The van der Waals surface area contributed by atoms with E-state index >= 15 is 0 Å². The maximum atomic E-state index is 13.3. The Balaban J connectivity index is 1.27. The average Bonchev–Trinajstić information content (AvgIpc) is 3.08. The van der Waals surface area contributed by atoms with E-state index in [4.69, 9.17) is 9.47 Å². The zero-order chi connectivity index (χ0) is 21.2. The molecule has 2 fully saturated rings. The third-order valence-electron chi connectivity index (χ3n) is 6.71. The minimum Gasteiger partial charge on any atom is -0.496 e. The first-order valence-corrected chi connectivity index (χ1v) is 11.2. The molecule has 3 aromatic rings. The summed E-state index contributed by atoms with van der Waals surface area (Å²) in [5.74, 6) is 1.78. The second kappa shape index (κ2) is 8.58. The molecule has 3 heterocycles. The Bertz CT molecular complexity index is 1050. The monoisotopic (exact) mass is 416 g/mol. The molecule has 0 saturated carbocycles. The van der Waals surface area contributed by atoms with E-state index in [1.54, 1.807) is 13.3 Å². The molecule has 5 heteroatoms. The van der Waals surface area contributed by atoms with Gasteiger partial charge in [-0.1, -0.05) is 36.4 Å². The Hall–Kier alpha value is -3.08. The van der Waals surface area contributed by atoms with Crippen LogP contribution in [-0.4, -0.2) is 41.1 Å². The van der Waals surface area contributed by atoms with Crippen molar-refractivity contribution in [3.05, 3.63) is 66.4 Å². The molecule has 2 atom stereocenters. The predicted octanol–water partition coefficient (Wildman–Crippen LogP) is 4.78. The summed E-state index contributed by atoms with van der Waals surface area (Å²) in [6.07, 6.45) is 6.98. The molecule has 5 rings (SSSR count). The van der Waals surface area contributed by atoms with Gasteiger partial charge in [-0.2, -0.15) is 0 Å². The fraction of sp³-hybridized carbons (Fsp3) is 0.385. The van der Waals surface area contributed by atoms with Gasteiger partial charge in [0, 0.05) is 49.2 Å². The molecule has 0 radical (unpaired) electrons. The van der Waals surface area contributed by atoms with Crippen LogP contribution in [0.15, 0.2) is 60.8 Å². The van der Waals surface area contributed by atoms with Crippen molar-refractivity contribution >= 4 is 16.7 Å². The number of ether oxygens (including phenoxy) is 2. The van der Waals surface area contributed by atoms with E-state index in [9.17, 15) is 4.79 Å². The number of rotatable bonds is 6. The molecule has 2 unspecified atom stereocenters. The summed E-state index contributed by atoms with van der Waals surface area (Å²) in [5.41, 5.74) is 1.12. The lowest BCUT2D eigenvalue weighted by molar-refractivity contribution is -0.137. The number of carbonyl (C=O) groups excluding carboxylic acids is 1. The van der Waals surface area contributed by atoms with Gasteiger partial charge in [-0.3, -0.25) is 4.79 Å². The molecule has 2 aliphatic heterocycles. The summed E-state index contributed by atoms with van der Waals surface area (Å²) < 4.78 is 11.7. The predicted molar refractivity (Wildman–Crippen MR) is 120 cm³/mol. The van der Waals surface area contributed by atoms with Crippen molar-refractivity contribution in [2.24, 2.45) is 0 Å². The largest absolute Gasteiger partial charge is 0.496 e. The van der Waals surface area contributed by atoms with Crippen LogP contribution in [0.25, 0.3) is 10.8 Å². The van der Waals surface area contributed by atoms with E-state index in [0.29, 0.717) is 18.7 Å². The summed E-state index contributed by atoms with van der Waals surface area (Å²) in [5, 5.41) is 2.35. The van der Waals surface area contributed by atoms with Crippen LogP contribution in [0.2, 0.25) is 0 Å². The number of aromatic nitrogens is 1. The van der Waals surface area contributed by atoms with E-state index < -0.39 is 0 Å². The summed E-state index contributed by atoms with van der Waals surface area (Å²) in [6, 6.07) is 18.7. The number of hydrogen-bond donors (Lipinski definition) is 0. The molecule has 0 aliphatic carbocycles. The molecule has 1 amide bonds. The van der Waals surface area contributed by atoms with Crippen LogP contribution < -0.4 is 9.47 Å². The minimum absolute atomic E-state index is 0.134. The van der Waals surface area contributed by atoms with Crippen LogP contribution in [0, 0.1) is 0 Å². The minimum atomic E-state index is 0.134. The van der Waals surface area contributed by atoms with Crippen LogP contribution >= 0.6 is 0 Å². The molecule has 160 valence electrons. The third kappa shape index (κ3) is 3.97. The summed E-state index contributed by atoms with van der Waals surface area (Å²) >= 11 is 0. The lowest BCUT2D eigenvalue weighted by Crippen LogP contribution is -2.49. The fourth-order valence-electron chi connectivity index (χ4n) is 5.34. The first kappa shape index (κ1) is 19.9. The number of benzene rings is 2. The van der Waals surface area contributed by atoms with Gasteiger partial charge in [0.1, 0.15) is 11.9 Å². The van der Waals surface area contributed by atoms with E-state index in [0.717, 1.165) is 37.0 Å². The molecular formula is C26H28N2O3. The normalized spacial score (nSPS) is 22.5. The number of pyridine rings is 1. The second-order valence-electron chi connectivity index (χ2n) is 8.53. The molecule has 2 saturated heterocycles. The number of carbonyl (C=O) groups is 1. The number of amides is 1. The van der Waals surface area contributed by atoms with Crippen molar-refractivity contribution in [3.63, 3.8) is 0 Å². The molecule has 0 spiro atoms.